The highest BCUT2D eigenvalue weighted by atomic mass is 16.5. The first-order chi connectivity index (χ1) is 23.6. The largest absolute Gasteiger partial charge is 0.493 e. The van der Waals surface area contributed by atoms with Crippen LogP contribution in [0.1, 0.15) is 185 Å². The van der Waals surface area contributed by atoms with Crippen LogP contribution in [0.3, 0.4) is 0 Å². The Kier molecular flexibility index (Phi) is 16.5. The predicted molar refractivity (Wildman–Crippen MR) is 203 cm³/mol. The molecule has 0 bridgehead atoms. The van der Waals surface area contributed by atoms with Crippen molar-refractivity contribution in [3.8, 4) is 5.75 Å². The lowest BCUT2D eigenvalue weighted by Gasteiger charge is -2.36. The molecule has 0 saturated heterocycles. The van der Waals surface area contributed by atoms with E-state index in [1.807, 2.05) is 18.9 Å². The maximum atomic E-state index is 13.2. The summed E-state index contributed by atoms with van der Waals surface area (Å²) in [5.41, 5.74) is 3.44. The summed E-state index contributed by atoms with van der Waals surface area (Å²) < 4.78 is 12.5. The first kappa shape index (κ1) is 38.2. The van der Waals surface area contributed by atoms with Crippen molar-refractivity contribution in [2.45, 2.75) is 161 Å². The third-order valence-electron chi connectivity index (χ3n) is 12.1. The summed E-state index contributed by atoms with van der Waals surface area (Å²) >= 11 is 0. The fourth-order valence-electron chi connectivity index (χ4n) is 8.83. The lowest BCUT2D eigenvalue weighted by atomic mass is 9.75. The summed E-state index contributed by atoms with van der Waals surface area (Å²) in [6.07, 6.45) is 27.5. The first-order valence-corrected chi connectivity index (χ1v) is 19.9. The van der Waals surface area contributed by atoms with Crippen molar-refractivity contribution < 1.29 is 21.9 Å². The van der Waals surface area contributed by atoms with Gasteiger partial charge in [-0.05, 0) is 123 Å². The fraction of sp³-hybridized carbons (Fsp3) is 0.682. The van der Waals surface area contributed by atoms with Gasteiger partial charge in [-0.25, -0.2) is 4.79 Å². The Balaban J connectivity index is 0.00000213. The van der Waals surface area contributed by atoms with Crippen LogP contribution in [0.2, 0.25) is 0 Å². The molecule has 270 valence electrons. The van der Waals surface area contributed by atoms with Gasteiger partial charge >= 0.3 is 5.97 Å². The van der Waals surface area contributed by atoms with Crippen LogP contribution in [0.15, 0.2) is 48.5 Å². The molecule has 2 aromatic carbocycles. The minimum absolute atomic E-state index is 0. The number of hydrogen-bond donors (Lipinski definition) is 0. The second-order valence-corrected chi connectivity index (χ2v) is 15.5. The lowest BCUT2D eigenvalue weighted by Crippen LogP contribution is -2.36. The number of carbonyl (C=O) groups excluding carboxylic acids is 2. The Morgan fingerprint density at radius 3 is 1.62 bits per heavy atom. The summed E-state index contributed by atoms with van der Waals surface area (Å²) in [7, 11) is 0. The van der Waals surface area contributed by atoms with Gasteiger partial charge in [-0.15, -0.1) is 0 Å². The van der Waals surface area contributed by atoms with Gasteiger partial charge in [-0.1, -0.05) is 109 Å². The molecule has 0 aromatic heterocycles. The molecule has 3 aliphatic carbocycles. The summed E-state index contributed by atoms with van der Waals surface area (Å²) in [5, 5.41) is 0. The van der Waals surface area contributed by atoms with Crippen molar-refractivity contribution in [3.63, 3.8) is 0 Å². The normalized spacial score (nSPS) is 23.8. The molecule has 2 aromatic rings. The Morgan fingerprint density at radius 2 is 1.15 bits per heavy atom. The topological polar surface area (TPSA) is 52.6 Å². The highest BCUT2D eigenvalue weighted by molar-refractivity contribution is 5.89. The van der Waals surface area contributed by atoms with Crippen LogP contribution in [0, 0.1) is 17.3 Å². The number of ether oxygens (including phenoxy) is 2. The van der Waals surface area contributed by atoms with Crippen LogP contribution >= 0.6 is 0 Å². The average molecular weight is 663 g/mol. The Morgan fingerprint density at radius 1 is 0.667 bits per heavy atom. The van der Waals surface area contributed by atoms with E-state index in [4.69, 9.17) is 14.3 Å². The monoisotopic (exact) mass is 663 g/mol. The summed E-state index contributed by atoms with van der Waals surface area (Å²) in [5.74, 6) is 3.95. The molecule has 0 N–H and O–H groups in total. The molecule has 3 saturated carbocycles. The van der Waals surface area contributed by atoms with Gasteiger partial charge in [0.1, 0.15) is 19.1 Å². The molecule has 0 radical (unpaired) electrons. The average Bonchev–Trinajstić information content (AvgIpc) is 3.15. The van der Waals surface area contributed by atoms with Gasteiger partial charge in [0.05, 0.1) is 12.2 Å². The van der Waals surface area contributed by atoms with E-state index in [9.17, 15) is 4.79 Å². The zero-order valence-corrected chi connectivity index (χ0v) is 30.5. The van der Waals surface area contributed by atoms with Gasteiger partial charge in [0.2, 0.25) is 0 Å². The Bertz CT molecular complexity index is 1160. The molecule has 0 heterocycles. The Labute approximate surface area is 296 Å². The van der Waals surface area contributed by atoms with Crippen LogP contribution in [0.5, 0.6) is 5.75 Å². The molecule has 4 heteroatoms. The highest BCUT2D eigenvalue weighted by Gasteiger charge is 2.35. The zero-order valence-electron chi connectivity index (χ0n) is 30.5. The second-order valence-electron chi connectivity index (χ2n) is 15.5. The second kappa shape index (κ2) is 20.8. The number of unbranched alkanes of at least 4 members (excludes halogenated alkanes) is 4. The lowest BCUT2D eigenvalue weighted by molar-refractivity contribution is -0.0980. The van der Waals surface area contributed by atoms with Crippen molar-refractivity contribution >= 4 is 12.8 Å². The smallest absolute Gasteiger partial charge is 0.338 e. The molecule has 0 amide bonds. The third kappa shape index (κ3) is 11.8. The molecule has 5 rings (SSSR count). The van der Waals surface area contributed by atoms with Crippen molar-refractivity contribution in [1.29, 1.82) is 0 Å². The molecule has 48 heavy (non-hydrogen) atoms. The number of benzene rings is 2. The highest BCUT2D eigenvalue weighted by Crippen LogP contribution is 2.41. The van der Waals surface area contributed by atoms with E-state index in [-0.39, 0.29) is 14.2 Å². The van der Waals surface area contributed by atoms with Crippen molar-refractivity contribution in [3.05, 3.63) is 65.2 Å². The minimum atomic E-state index is -0.194. The van der Waals surface area contributed by atoms with E-state index in [1.54, 1.807) is 0 Å². The SMILES string of the molecule is C=O.CCCCCC1CCC(c2ccc(OCC3(COC(=O)c4ccc(C5CCC(CCCCC)CC5)cc4)CCCCC3)cc2)CC1.[HH].[HH]. The molecule has 3 fully saturated rings. The molecule has 3 aliphatic rings. The summed E-state index contributed by atoms with van der Waals surface area (Å²) in [6.45, 7) is 7.64. The van der Waals surface area contributed by atoms with Crippen LogP contribution in [0.25, 0.3) is 0 Å². The summed E-state index contributed by atoms with van der Waals surface area (Å²) in [6, 6.07) is 17.3. The van der Waals surface area contributed by atoms with Crippen molar-refractivity contribution in [2.75, 3.05) is 13.2 Å². The maximum Gasteiger partial charge on any atom is 0.338 e. The van der Waals surface area contributed by atoms with Crippen molar-refractivity contribution in [2.24, 2.45) is 17.3 Å². The molecule has 4 nitrogen and oxygen atoms in total. The predicted octanol–water partition coefficient (Wildman–Crippen LogP) is 12.9. The van der Waals surface area contributed by atoms with Crippen molar-refractivity contribution in [1.82, 2.24) is 0 Å². The standard InChI is InChI=1S/C43H64O3.CH2O.2H2/c1-3-5-8-12-34-14-18-36(19-15-34)38-22-24-40(25-23-38)42(44)46-33-43(30-10-7-11-31-43)32-45-41-28-26-39(27-29-41)37-20-16-35(17-21-37)13-9-6-4-2;1-2;;/h22-29,34-37H,3-21,30-33H2,1-2H3;1H2;2*1H. The zero-order chi connectivity index (χ0) is 34.0. The van der Waals surface area contributed by atoms with Gasteiger partial charge < -0.3 is 14.3 Å². The Hall–Kier alpha value is -2.62. The number of esters is 1. The maximum absolute atomic E-state index is 13.2. The van der Waals surface area contributed by atoms with Crippen LogP contribution in [-0.4, -0.2) is 26.0 Å². The van der Waals surface area contributed by atoms with Crippen LogP contribution < -0.4 is 4.74 Å². The number of carbonyl (C=O) groups is 2. The summed E-state index contributed by atoms with van der Waals surface area (Å²) in [4.78, 5) is 21.2. The van der Waals surface area contributed by atoms with E-state index >= 15 is 0 Å². The van der Waals surface area contributed by atoms with Gasteiger partial charge in [0, 0.05) is 8.27 Å². The van der Waals surface area contributed by atoms with Crippen LogP contribution in [0.4, 0.5) is 0 Å². The molecule has 0 unspecified atom stereocenters. The number of hydrogen-bond acceptors (Lipinski definition) is 4. The van der Waals surface area contributed by atoms with Gasteiger partial charge in [-0.3, -0.25) is 0 Å². The van der Waals surface area contributed by atoms with E-state index in [1.165, 1.54) is 133 Å². The van der Waals surface area contributed by atoms with Gasteiger partial charge in [0.25, 0.3) is 0 Å². The van der Waals surface area contributed by atoms with E-state index in [2.05, 4.69) is 50.2 Å². The molecule has 0 atom stereocenters. The number of rotatable bonds is 16. The molecular weight excluding hydrogens is 592 g/mol. The molecular formula is C44H70O4. The van der Waals surface area contributed by atoms with Gasteiger partial charge in [0.15, 0.2) is 0 Å². The fourth-order valence-corrected chi connectivity index (χ4v) is 8.83. The first-order valence-electron chi connectivity index (χ1n) is 19.9. The molecule has 0 spiro atoms. The third-order valence-corrected chi connectivity index (χ3v) is 12.1. The van der Waals surface area contributed by atoms with Gasteiger partial charge in [-0.2, -0.15) is 0 Å². The van der Waals surface area contributed by atoms with E-state index < -0.39 is 0 Å². The van der Waals surface area contributed by atoms with Crippen LogP contribution in [-0.2, 0) is 9.53 Å². The molecule has 0 aliphatic heterocycles. The van der Waals surface area contributed by atoms with E-state index in [0.717, 1.165) is 30.4 Å². The van der Waals surface area contributed by atoms with E-state index in [0.29, 0.717) is 30.6 Å². The minimum Gasteiger partial charge on any atom is -0.493 e. The quantitative estimate of drug-likeness (QED) is 0.133.